The minimum atomic E-state index is 0.892. The molecule has 1 aliphatic heterocycles. The van der Waals surface area contributed by atoms with Crippen molar-refractivity contribution in [2.24, 2.45) is 4.99 Å². The van der Waals surface area contributed by atoms with Crippen LogP contribution in [0.25, 0.3) is 0 Å². The van der Waals surface area contributed by atoms with Crippen LogP contribution in [0.15, 0.2) is 41.8 Å². The van der Waals surface area contributed by atoms with Crippen molar-refractivity contribution in [3.05, 3.63) is 36.8 Å². The van der Waals surface area contributed by atoms with Gasteiger partial charge in [-0.05, 0) is 12.5 Å². The Kier molecular flexibility index (Phi) is 2.72. The number of fused-ring (bicyclic) bond motifs is 1. The van der Waals surface area contributed by atoms with Crippen LogP contribution in [-0.2, 0) is 0 Å². The van der Waals surface area contributed by atoms with Crippen molar-refractivity contribution in [1.82, 2.24) is 4.98 Å². The number of aliphatic imine (C=N–C) groups is 1. The van der Waals surface area contributed by atoms with Crippen LogP contribution in [0, 0.1) is 0 Å². The number of unbranched alkanes of at least 4 members (excludes halogenated alkanes) is 1. The van der Waals surface area contributed by atoms with Crippen LogP contribution in [0.1, 0.15) is 19.8 Å². The quantitative estimate of drug-likeness (QED) is 0.798. The van der Waals surface area contributed by atoms with E-state index in [1.54, 1.807) is 6.21 Å². The summed E-state index contributed by atoms with van der Waals surface area (Å²) in [6.07, 6.45) is 10.1. The lowest BCUT2D eigenvalue weighted by molar-refractivity contribution is 0.953. The number of nitrogens with zero attached hydrogens (tertiary/aromatic N) is 2. The normalized spacial score (nSPS) is 15.0. The van der Waals surface area contributed by atoms with Crippen LogP contribution in [0.5, 0.6) is 0 Å². The van der Waals surface area contributed by atoms with E-state index in [0.717, 1.165) is 30.0 Å². The first-order valence-electron chi connectivity index (χ1n) is 5.19. The largest absolute Gasteiger partial charge is 0.345 e. The van der Waals surface area contributed by atoms with E-state index in [9.17, 15) is 0 Å². The van der Waals surface area contributed by atoms with E-state index in [1.807, 2.05) is 12.3 Å². The molecule has 0 saturated heterocycles. The molecule has 1 N–H and O–H groups in total. The minimum absolute atomic E-state index is 0.892. The molecule has 0 amide bonds. The Balaban J connectivity index is 2.24. The van der Waals surface area contributed by atoms with E-state index < -0.39 is 0 Å². The van der Waals surface area contributed by atoms with Gasteiger partial charge in [-0.1, -0.05) is 26.0 Å². The SMILES string of the molecule is C=C1C=Nc2[nH]ccc2N1/C=C\CCC. The number of anilines is 1. The van der Waals surface area contributed by atoms with Gasteiger partial charge in [0.05, 0.1) is 17.6 Å². The fourth-order valence-corrected chi connectivity index (χ4v) is 1.53. The Labute approximate surface area is 89.8 Å². The molecule has 3 heteroatoms. The van der Waals surface area contributed by atoms with E-state index in [0.29, 0.717) is 0 Å². The molecule has 78 valence electrons. The first-order valence-corrected chi connectivity index (χ1v) is 5.19. The average Bonchev–Trinajstić information content (AvgIpc) is 2.69. The number of rotatable bonds is 3. The second kappa shape index (κ2) is 4.17. The zero-order valence-corrected chi connectivity index (χ0v) is 8.90. The van der Waals surface area contributed by atoms with Gasteiger partial charge in [-0.15, -0.1) is 0 Å². The van der Waals surface area contributed by atoms with E-state index in [4.69, 9.17) is 0 Å². The van der Waals surface area contributed by atoms with Gasteiger partial charge < -0.3 is 9.88 Å². The lowest BCUT2D eigenvalue weighted by Gasteiger charge is -2.22. The summed E-state index contributed by atoms with van der Waals surface area (Å²) >= 11 is 0. The van der Waals surface area contributed by atoms with Crippen molar-refractivity contribution in [3.8, 4) is 0 Å². The highest BCUT2D eigenvalue weighted by Gasteiger charge is 2.15. The van der Waals surface area contributed by atoms with Gasteiger partial charge in [-0.3, -0.25) is 0 Å². The van der Waals surface area contributed by atoms with Crippen LogP contribution in [0.4, 0.5) is 11.5 Å². The summed E-state index contributed by atoms with van der Waals surface area (Å²) in [5.41, 5.74) is 1.96. The number of aromatic amines is 1. The zero-order valence-electron chi connectivity index (χ0n) is 8.90. The van der Waals surface area contributed by atoms with E-state index in [2.05, 4.69) is 40.7 Å². The monoisotopic (exact) mass is 201 g/mol. The molecule has 0 radical (unpaired) electrons. The van der Waals surface area contributed by atoms with Gasteiger partial charge in [0, 0.05) is 12.4 Å². The fourth-order valence-electron chi connectivity index (χ4n) is 1.53. The summed E-state index contributed by atoms with van der Waals surface area (Å²) < 4.78 is 0. The number of allylic oxidation sites excluding steroid dienone is 2. The maximum atomic E-state index is 4.26. The molecule has 0 aliphatic carbocycles. The summed E-state index contributed by atoms with van der Waals surface area (Å²) in [6, 6.07) is 2.01. The van der Waals surface area contributed by atoms with Gasteiger partial charge in [0.15, 0.2) is 5.82 Å². The summed E-state index contributed by atoms with van der Waals surface area (Å²) in [4.78, 5) is 9.39. The predicted octanol–water partition coefficient (Wildman–Crippen LogP) is 3.36. The van der Waals surface area contributed by atoms with E-state index in [-0.39, 0.29) is 0 Å². The number of hydrogen-bond donors (Lipinski definition) is 1. The van der Waals surface area contributed by atoms with Gasteiger partial charge in [0.1, 0.15) is 0 Å². The number of aromatic nitrogens is 1. The minimum Gasteiger partial charge on any atom is -0.345 e. The standard InChI is InChI=1S/C12H15N3/c1-3-4-5-8-15-10(2)9-14-12-11(15)6-7-13-12/h5-9,13H,2-4H2,1H3/b8-5-. The van der Waals surface area contributed by atoms with Crippen LogP contribution in [0.2, 0.25) is 0 Å². The second-order valence-electron chi connectivity index (χ2n) is 3.50. The maximum Gasteiger partial charge on any atom is 0.154 e. The Morgan fingerprint density at radius 1 is 1.60 bits per heavy atom. The molecule has 0 spiro atoms. The van der Waals surface area contributed by atoms with E-state index >= 15 is 0 Å². The summed E-state index contributed by atoms with van der Waals surface area (Å²) in [7, 11) is 0. The second-order valence-corrected chi connectivity index (χ2v) is 3.50. The molecule has 2 heterocycles. The van der Waals surface area contributed by atoms with Crippen molar-refractivity contribution < 1.29 is 0 Å². The van der Waals surface area contributed by atoms with Crippen molar-refractivity contribution in [1.29, 1.82) is 0 Å². The third-order valence-corrected chi connectivity index (χ3v) is 2.33. The third kappa shape index (κ3) is 1.86. The first-order chi connectivity index (χ1) is 7.33. The zero-order chi connectivity index (χ0) is 10.7. The summed E-state index contributed by atoms with van der Waals surface area (Å²) in [5.74, 6) is 0.892. The highest BCUT2D eigenvalue weighted by molar-refractivity contribution is 5.92. The molecule has 0 bridgehead atoms. The van der Waals surface area contributed by atoms with Crippen LogP contribution >= 0.6 is 0 Å². The maximum absolute atomic E-state index is 4.26. The lowest BCUT2D eigenvalue weighted by atomic mass is 10.3. The number of nitrogens with one attached hydrogen (secondary N) is 1. The molecule has 15 heavy (non-hydrogen) atoms. The molecule has 0 aromatic carbocycles. The van der Waals surface area contributed by atoms with Gasteiger partial charge in [-0.25, -0.2) is 4.99 Å². The molecule has 0 fully saturated rings. The fraction of sp³-hybridized carbons (Fsp3) is 0.250. The molecular formula is C12H15N3. The summed E-state index contributed by atoms with van der Waals surface area (Å²) in [6.45, 7) is 6.13. The van der Waals surface area contributed by atoms with E-state index in [1.165, 1.54) is 0 Å². The average molecular weight is 201 g/mol. The molecule has 2 rings (SSSR count). The Hall–Kier alpha value is -1.77. The smallest absolute Gasteiger partial charge is 0.154 e. The summed E-state index contributed by atoms with van der Waals surface area (Å²) in [5, 5.41) is 0. The topological polar surface area (TPSA) is 31.4 Å². The highest BCUT2D eigenvalue weighted by atomic mass is 15.2. The molecule has 1 aliphatic rings. The van der Waals surface area contributed by atoms with Crippen LogP contribution in [-0.4, -0.2) is 11.2 Å². The molecule has 3 nitrogen and oxygen atoms in total. The molecule has 0 unspecified atom stereocenters. The molecule has 0 saturated carbocycles. The van der Waals surface area contributed by atoms with Crippen LogP contribution < -0.4 is 4.90 Å². The van der Waals surface area contributed by atoms with Gasteiger partial charge in [0.25, 0.3) is 0 Å². The van der Waals surface area contributed by atoms with Gasteiger partial charge >= 0.3 is 0 Å². The number of H-pyrrole nitrogens is 1. The van der Waals surface area contributed by atoms with Gasteiger partial charge in [-0.2, -0.15) is 0 Å². The van der Waals surface area contributed by atoms with Crippen molar-refractivity contribution >= 4 is 17.7 Å². The first kappa shape index (κ1) is 9.77. The molecule has 1 aromatic heterocycles. The number of hydrogen-bond acceptors (Lipinski definition) is 2. The third-order valence-electron chi connectivity index (χ3n) is 2.33. The highest BCUT2D eigenvalue weighted by Crippen LogP contribution is 2.32. The molecular weight excluding hydrogens is 186 g/mol. The van der Waals surface area contributed by atoms with Crippen molar-refractivity contribution in [3.63, 3.8) is 0 Å². The Bertz CT molecular complexity index is 412. The van der Waals surface area contributed by atoms with Crippen LogP contribution in [0.3, 0.4) is 0 Å². The Morgan fingerprint density at radius 2 is 2.47 bits per heavy atom. The lowest BCUT2D eigenvalue weighted by Crippen LogP contribution is -2.17. The van der Waals surface area contributed by atoms with Gasteiger partial charge in [0.2, 0.25) is 0 Å². The van der Waals surface area contributed by atoms with Crippen molar-refractivity contribution in [2.45, 2.75) is 19.8 Å². The molecule has 0 atom stereocenters. The molecule has 1 aromatic rings. The predicted molar refractivity (Wildman–Crippen MR) is 64.6 cm³/mol. The van der Waals surface area contributed by atoms with Crippen molar-refractivity contribution in [2.75, 3.05) is 4.90 Å². The Morgan fingerprint density at radius 3 is 3.27 bits per heavy atom.